The van der Waals surface area contributed by atoms with Crippen molar-refractivity contribution in [1.29, 1.82) is 0 Å². The summed E-state index contributed by atoms with van der Waals surface area (Å²) in [6.45, 7) is 2.08. The quantitative estimate of drug-likeness (QED) is 0.219. The zero-order chi connectivity index (χ0) is 20.0. The monoisotopic (exact) mass is 396 g/mol. The number of carbonyl (C=O) groups is 1. The highest BCUT2D eigenvalue weighted by molar-refractivity contribution is 7.86. The Morgan fingerprint density at radius 1 is 0.846 bits per heavy atom. The lowest BCUT2D eigenvalue weighted by Crippen LogP contribution is -2.42. The third-order valence-electron chi connectivity index (χ3n) is 4.64. The minimum absolute atomic E-state index is 0.135. The first-order valence-corrected chi connectivity index (χ1v) is 11.2. The number of rotatable bonds is 17. The molecule has 0 spiro atoms. The fraction of sp³-hybridized carbons (Fsp3) is 0.944. The summed E-state index contributed by atoms with van der Waals surface area (Å²) in [5.41, 5.74) is 0. The maximum Gasteiger partial charge on any atom is 0.303 e. The van der Waals surface area contributed by atoms with E-state index in [0.717, 1.165) is 44.9 Å². The lowest BCUT2D eigenvalue weighted by Gasteiger charge is -2.24. The van der Waals surface area contributed by atoms with Crippen molar-refractivity contribution in [1.82, 2.24) is 0 Å². The number of hydrogen-bond donors (Lipinski definition) is 4. The summed E-state index contributed by atoms with van der Waals surface area (Å²) in [6.07, 6.45) is 5.99. The summed E-state index contributed by atoms with van der Waals surface area (Å²) in [4.78, 5) is 10.4. The Kier molecular flexibility index (Phi) is 14.0. The Balaban J connectivity index is 4.18. The summed E-state index contributed by atoms with van der Waals surface area (Å²) >= 11 is 0. The van der Waals surface area contributed by atoms with Crippen LogP contribution in [0.2, 0.25) is 0 Å². The predicted octanol–water partition coefficient (Wildman–Crippen LogP) is 3.14. The SMILES string of the molecule is CCCCCCCC(C(O)C(O)CCCCCCCC(=O)O)S(=O)(=O)O. The highest BCUT2D eigenvalue weighted by Crippen LogP contribution is 2.20. The van der Waals surface area contributed by atoms with Crippen molar-refractivity contribution >= 4 is 16.1 Å². The molecule has 0 amide bonds. The van der Waals surface area contributed by atoms with Crippen LogP contribution in [0.4, 0.5) is 0 Å². The van der Waals surface area contributed by atoms with E-state index in [-0.39, 0.29) is 19.3 Å². The second-order valence-electron chi connectivity index (χ2n) is 7.01. The topological polar surface area (TPSA) is 132 Å². The van der Waals surface area contributed by atoms with Crippen molar-refractivity contribution in [3.8, 4) is 0 Å². The molecule has 0 aromatic rings. The highest BCUT2D eigenvalue weighted by atomic mass is 32.2. The van der Waals surface area contributed by atoms with Crippen LogP contribution in [0.15, 0.2) is 0 Å². The number of aliphatic carboxylic acids is 1. The summed E-state index contributed by atoms with van der Waals surface area (Å²) < 4.78 is 32.4. The Morgan fingerprint density at radius 3 is 1.88 bits per heavy atom. The van der Waals surface area contributed by atoms with Crippen molar-refractivity contribution in [2.45, 2.75) is 108 Å². The first kappa shape index (κ1) is 25.3. The fourth-order valence-electron chi connectivity index (χ4n) is 3.02. The number of carboxylic acids is 1. The van der Waals surface area contributed by atoms with Crippen molar-refractivity contribution in [2.24, 2.45) is 0 Å². The van der Waals surface area contributed by atoms with Crippen LogP contribution in [0, 0.1) is 0 Å². The average Bonchev–Trinajstić information content (AvgIpc) is 2.55. The second-order valence-corrected chi connectivity index (χ2v) is 8.65. The average molecular weight is 397 g/mol. The summed E-state index contributed by atoms with van der Waals surface area (Å²) in [7, 11) is -4.42. The standard InChI is InChI=1S/C18H36O7S/c1-2-3-4-6-10-13-16(26(23,24)25)18(22)15(19)12-9-7-5-8-11-14-17(20)21/h15-16,18-19,22H,2-14H2,1H3,(H,20,21)(H,23,24,25). The molecule has 0 aromatic heterocycles. The normalized spacial score (nSPS) is 15.5. The maximum atomic E-state index is 11.5. The van der Waals surface area contributed by atoms with Crippen molar-refractivity contribution in [2.75, 3.05) is 0 Å². The third kappa shape index (κ3) is 12.6. The zero-order valence-corrected chi connectivity index (χ0v) is 16.7. The van der Waals surface area contributed by atoms with E-state index < -0.39 is 33.5 Å². The minimum atomic E-state index is -4.42. The molecule has 0 rings (SSSR count). The van der Waals surface area contributed by atoms with Gasteiger partial charge in [-0.1, -0.05) is 64.7 Å². The summed E-state index contributed by atoms with van der Waals surface area (Å²) in [5, 5.41) is 27.4. The molecule has 156 valence electrons. The molecule has 0 aliphatic heterocycles. The molecule has 0 bridgehead atoms. The van der Waals surface area contributed by atoms with Crippen LogP contribution in [0.1, 0.15) is 90.4 Å². The number of aliphatic hydroxyl groups is 2. The van der Waals surface area contributed by atoms with Gasteiger partial charge >= 0.3 is 5.97 Å². The van der Waals surface area contributed by atoms with Gasteiger partial charge < -0.3 is 15.3 Å². The molecule has 0 radical (unpaired) electrons. The van der Waals surface area contributed by atoms with Crippen molar-refractivity contribution in [3.63, 3.8) is 0 Å². The molecule has 7 nitrogen and oxygen atoms in total. The Bertz CT molecular complexity index is 464. The Morgan fingerprint density at radius 2 is 1.35 bits per heavy atom. The van der Waals surface area contributed by atoms with E-state index in [1.54, 1.807) is 0 Å². The van der Waals surface area contributed by atoms with Gasteiger partial charge in [-0.2, -0.15) is 8.42 Å². The molecular formula is C18H36O7S. The van der Waals surface area contributed by atoms with Gasteiger partial charge in [0.2, 0.25) is 0 Å². The van der Waals surface area contributed by atoms with Crippen molar-refractivity contribution < 1.29 is 33.1 Å². The van der Waals surface area contributed by atoms with E-state index in [0.29, 0.717) is 19.3 Å². The van der Waals surface area contributed by atoms with Gasteiger partial charge in [0.25, 0.3) is 10.1 Å². The van der Waals surface area contributed by atoms with E-state index in [9.17, 15) is 28.0 Å². The van der Waals surface area contributed by atoms with E-state index in [4.69, 9.17) is 5.11 Å². The van der Waals surface area contributed by atoms with E-state index in [2.05, 4.69) is 6.92 Å². The van der Waals surface area contributed by atoms with Gasteiger partial charge in [0.15, 0.2) is 0 Å². The minimum Gasteiger partial charge on any atom is -0.481 e. The molecule has 3 atom stereocenters. The van der Waals surface area contributed by atoms with Gasteiger partial charge in [0.1, 0.15) is 5.25 Å². The molecule has 0 aliphatic rings. The molecule has 26 heavy (non-hydrogen) atoms. The van der Waals surface area contributed by atoms with Crippen LogP contribution in [0.25, 0.3) is 0 Å². The van der Waals surface area contributed by atoms with Crippen LogP contribution in [-0.4, -0.2) is 51.7 Å². The van der Waals surface area contributed by atoms with Crippen molar-refractivity contribution in [3.05, 3.63) is 0 Å². The first-order valence-electron chi connectivity index (χ1n) is 9.74. The van der Waals surface area contributed by atoms with Gasteiger partial charge in [-0.05, 0) is 19.3 Å². The Labute approximate surface area is 157 Å². The van der Waals surface area contributed by atoms with Crippen LogP contribution >= 0.6 is 0 Å². The van der Waals surface area contributed by atoms with E-state index in [1.807, 2.05) is 0 Å². The number of carboxylic acid groups (broad SMARTS) is 1. The highest BCUT2D eigenvalue weighted by Gasteiger charge is 2.34. The number of unbranched alkanes of at least 4 members (excludes halogenated alkanes) is 8. The second kappa shape index (κ2) is 14.4. The zero-order valence-electron chi connectivity index (χ0n) is 15.8. The third-order valence-corrected chi connectivity index (χ3v) is 5.92. The fourth-order valence-corrected chi connectivity index (χ4v) is 4.02. The largest absolute Gasteiger partial charge is 0.481 e. The van der Waals surface area contributed by atoms with Crippen LogP contribution < -0.4 is 0 Å². The molecule has 3 unspecified atom stereocenters. The molecule has 0 saturated carbocycles. The Hall–Kier alpha value is -0.700. The number of aliphatic hydroxyl groups excluding tert-OH is 2. The number of hydrogen-bond acceptors (Lipinski definition) is 5. The molecule has 0 aliphatic carbocycles. The molecule has 0 fully saturated rings. The smallest absolute Gasteiger partial charge is 0.303 e. The first-order chi connectivity index (χ1) is 12.2. The van der Waals surface area contributed by atoms with Gasteiger partial charge in [-0.25, -0.2) is 0 Å². The van der Waals surface area contributed by atoms with Crippen LogP contribution in [-0.2, 0) is 14.9 Å². The molecule has 4 N–H and O–H groups in total. The van der Waals surface area contributed by atoms with E-state index >= 15 is 0 Å². The van der Waals surface area contributed by atoms with Gasteiger partial charge in [0.05, 0.1) is 12.2 Å². The van der Waals surface area contributed by atoms with Gasteiger partial charge in [0, 0.05) is 6.42 Å². The molecule has 0 heterocycles. The van der Waals surface area contributed by atoms with E-state index in [1.165, 1.54) is 0 Å². The summed E-state index contributed by atoms with van der Waals surface area (Å²) in [6, 6.07) is 0. The molecule has 0 saturated heterocycles. The molecular weight excluding hydrogens is 360 g/mol. The predicted molar refractivity (Wildman–Crippen MR) is 101 cm³/mol. The van der Waals surface area contributed by atoms with Crippen LogP contribution in [0.3, 0.4) is 0 Å². The lowest BCUT2D eigenvalue weighted by atomic mass is 9.99. The van der Waals surface area contributed by atoms with Gasteiger partial charge in [-0.3, -0.25) is 9.35 Å². The lowest BCUT2D eigenvalue weighted by molar-refractivity contribution is -0.137. The van der Waals surface area contributed by atoms with Crippen LogP contribution in [0.5, 0.6) is 0 Å². The maximum absolute atomic E-state index is 11.5. The summed E-state index contributed by atoms with van der Waals surface area (Å²) in [5.74, 6) is -0.811. The molecule has 0 aromatic carbocycles. The molecule has 8 heteroatoms. The van der Waals surface area contributed by atoms with Gasteiger partial charge in [-0.15, -0.1) is 0 Å².